The van der Waals surface area contributed by atoms with E-state index in [1.54, 1.807) is 41.3 Å². The van der Waals surface area contributed by atoms with Crippen molar-refractivity contribution in [2.24, 2.45) is 0 Å². The Labute approximate surface area is 196 Å². The first kappa shape index (κ1) is 24.9. The molecule has 0 aliphatic carbocycles. The predicted octanol–water partition coefficient (Wildman–Crippen LogP) is 4.02. The summed E-state index contributed by atoms with van der Waals surface area (Å²) in [4.78, 5) is 27.1. The van der Waals surface area contributed by atoms with E-state index in [1.807, 2.05) is 6.07 Å². The first-order valence-corrected chi connectivity index (χ1v) is 13.1. The van der Waals surface area contributed by atoms with E-state index in [4.69, 9.17) is 0 Å². The summed E-state index contributed by atoms with van der Waals surface area (Å²) in [7, 11) is -3.98. The van der Waals surface area contributed by atoms with E-state index in [9.17, 15) is 18.0 Å². The van der Waals surface area contributed by atoms with Gasteiger partial charge in [-0.2, -0.15) is 4.72 Å². The van der Waals surface area contributed by atoms with Crippen molar-refractivity contribution in [3.8, 4) is 0 Å². The zero-order valence-electron chi connectivity index (χ0n) is 19.3. The minimum Gasteiger partial charge on any atom is -0.341 e. The molecule has 0 radical (unpaired) electrons. The summed E-state index contributed by atoms with van der Waals surface area (Å²) < 4.78 is 29.4. The molecule has 2 aromatic rings. The van der Waals surface area contributed by atoms with E-state index in [2.05, 4.69) is 23.9 Å². The molecule has 0 aromatic heterocycles. The highest BCUT2D eigenvalue weighted by molar-refractivity contribution is 7.89. The molecule has 0 bridgehead atoms. The SMILES string of the molecule is CCCCN(CCCC)C(=O)[C@@H](NS(=O)(=O)c1ccc2c(c1)CCC(=O)N2)c1ccccc1. The van der Waals surface area contributed by atoms with Crippen molar-refractivity contribution in [3.05, 3.63) is 59.7 Å². The van der Waals surface area contributed by atoms with Gasteiger partial charge in [-0.3, -0.25) is 9.59 Å². The van der Waals surface area contributed by atoms with Crippen LogP contribution in [-0.4, -0.2) is 38.2 Å². The lowest BCUT2D eigenvalue weighted by molar-refractivity contribution is -0.133. The Morgan fingerprint density at radius 2 is 1.70 bits per heavy atom. The monoisotopic (exact) mass is 471 g/mol. The number of nitrogens with one attached hydrogen (secondary N) is 2. The average molecular weight is 472 g/mol. The van der Waals surface area contributed by atoms with E-state index in [0.717, 1.165) is 31.2 Å². The van der Waals surface area contributed by atoms with Gasteiger partial charge in [0.1, 0.15) is 6.04 Å². The van der Waals surface area contributed by atoms with Gasteiger partial charge in [-0.15, -0.1) is 0 Å². The summed E-state index contributed by atoms with van der Waals surface area (Å²) in [6.45, 7) is 5.33. The Hall–Kier alpha value is -2.71. The first-order chi connectivity index (χ1) is 15.9. The van der Waals surface area contributed by atoms with Gasteiger partial charge >= 0.3 is 0 Å². The van der Waals surface area contributed by atoms with Gasteiger partial charge in [0.25, 0.3) is 0 Å². The van der Waals surface area contributed by atoms with Crippen molar-refractivity contribution in [1.29, 1.82) is 0 Å². The van der Waals surface area contributed by atoms with E-state index in [-0.39, 0.29) is 16.7 Å². The number of aryl methyl sites for hydroxylation is 1. The number of unbranched alkanes of at least 4 members (excludes halogenated alkanes) is 2. The van der Waals surface area contributed by atoms with Crippen molar-refractivity contribution in [2.75, 3.05) is 18.4 Å². The highest BCUT2D eigenvalue weighted by Gasteiger charge is 2.31. The molecule has 0 saturated carbocycles. The zero-order valence-corrected chi connectivity index (χ0v) is 20.2. The summed E-state index contributed by atoms with van der Waals surface area (Å²) >= 11 is 0. The Morgan fingerprint density at radius 3 is 2.33 bits per heavy atom. The second kappa shape index (κ2) is 11.4. The molecule has 3 rings (SSSR count). The summed E-state index contributed by atoms with van der Waals surface area (Å²) in [5, 5.41) is 2.76. The van der Waals surface area contributed by atoms with Crippen LogP contribution < -0.4 is 10.0 Å². The molecule has 0 unspecified atom stereocenters. The van der Waals surface area contributed by atoms with Crippen LogP contribution in [-0.2, 0) is 26.0 Å². The molecule has 1 aliphatic rings. The van der Waals surface area contributed by atoms with Gasteiger partial charge in [0, 0.05) is 25.2 Å². The second-order valence-electron chi connectivity index (χ2n) is 8.36. The van der Waals surface area contributed by atoms with Gasteiger partial charge in [-0.25, -0.2) is 8.42 Å². The molecule has 1 atom stereocenters. The van der Waals surface area contributed by atoms with Crippen LogP contribution in [0.5, 0.6) is 0 Å². The topological polar surface area (TPSA) is 95.6 Å². The summed E-state index contributed by atoms with van der Waals surface area (Å²) in [5.74, 6) is -0.317. The van der Waals surface area contributed by atoms with Gasteiger partial charge in [0.05, 0.1) is 4.90 Å². The Bertz CT molecular complexity index is 1060. The van der Waals surface area contributed by atoms with Crippen molar-refractivity contribution < 1.29 is 18.0 Å². The van der Waals surface area contributed by atoms with Crippen molar-refractivity contribution in [3.63, 3.8) is 0 Å². The number of hydrogen-bond acceptors (Lipinski definition) is 4. The van der Waals surface area contributed by atoms with Crippen LogP contribution >= 0.6 is 0 Å². The lowest BCUT2D eigenvalue weighted by Gasteiger charge is -2.28. The number of amides is 2. The number of anilines is 1. The van der Waals surface area contributed by atoms with Crippen molar-refractivity contribution in [1.82, 2.24) is 9.62 Å². The van der Waals surface area contributed by atoms with Crippen LogP contribution in [0.15, 0.2) is 53.4 Å². The van der Waals surface area contributed by atoms with Crippen molar-refractivity contribution >= 4 is 27.5 Å². The van der Waals surface area contributed by atoms with Gasteiger partial charge < -0.3 is 10.2 Å². The fourth-order valence-electron chi connectivity index (χ4n) is 3.87. The van der Waals surface area contributed by atoms with Crippen LogP contribution in [0.2, 0.25) is 0 Å². The standard InChI is InChI=1S/C25H33N3O4S/c1-3-5-16-28(17-6-4-2)25(30)24(19-10-8-7-9-11-19)27-33(31,32)21-13-14-22-20(18-21)12-15-23(29)26-22/h7-11,13-14,18,24,27H,3-6,12,15-17H2,1-2H3,(H,26,29)/t24-/m0/s1. The summed E-state index contributed by atoms with van der Waals surface area (Å²) in [6, 6.07) is 12.6. The molecule has 2 N–H and O–H groups in total. The molecular formula is C25H33N3O4S. The molecule has 7 nitrogen and oxygen atoms in total. The van der Waals surface area contributed by atoms with E-state index in [1.165, 1.54) is 6.07 Å². The van der Waals surface area contributed by atoms with Gasteiger partial charge in [0.15, 0.2) is 0 Å². The number of carbonyl (C=O) groups excluding carboxylic acids is 2. The first-order valence-electron chi connectivity index (χ1n) is 11.6. The van der Waals surface area contributed by atoms with Crippen LogP contribution in [0, 0.1) is 0 Å². The fraction of sp³-hybridized carbons (Fsp3) is 0.440. The number of sulfonamides is 1. The number of fused-ring (bicyclic) bond motifs is 1. The molecule has 0 spiro atoms. The maximum Gasteiger partial charge on any atom is 0.245 e. The van der Waals surface area contributed by atoms with Gasteiger partial charge in [-0.1, -0.05) is 57.0 Å². The van der Waals surface area contributed by atoms with Crippen LogP contribution in [0.4, 0.5) is 5.69 Å². The third-order valence-electron chi connectivity index (χ3n) is 5.81. The largest absolute Gasteiger partial charge is 0.341 e. The number of carbonyl (C=O) groups is 2. The zero-order chi connectivity index (χ0) is 23.8. The van der Waals surface area contributed by atoms with Crippen molar-refractivity contribution in [2.45, 2.75) is 63.3 Å². The molecule has 8 heteroatoms. The maximum absolute atomic E-state index is 13.6. The number of benzene rings is 2. The minimum atomic E-state index is -3.98. The molecule has 0 fully saturated rings. The third-order valence-corrected chi connectivity index (χ3v) is 7.23. The fourth-order valence-corrected chi connectivity index (χ4v) is 5.10. The smallest absolute Gasteiger partial charge is 0.245 e. The highest BCUT2D eigenvalue weighted by Crippen LogP contribution is 2.27. The molecule has 1 heterocycles. The Morgan fingerprint density at radius 1 is 1.03 bits per heavy atom. The molecule has 178 valence electrons. The normalized spacial score (nSPS) is 14.3. The average Bonchev–Trinajstić information content (AvgIpc) is 2.82. The summed E-state index contributed by atoms with van der Waals surface area (Å²) in [5.41, 5.74) is 2.01. The van der Waals surface area contributed by atoms with Crippen LogP contribution in [0.25, 0.3) is 0 Å². The van der Waals surface area contributed by atoms with E-state index >= 15 is 0 Å². The van der Waals surface area contributed by atoms with Crippen LogP contribution in [0.1, 0.15) is 63.1 Å². The van der Waals surface area contributed by atoms with E-state index < -0.39 is 16.1 Å². The molecule has 33 heavy (non-hydrogen) atoms. The Balaban J connectivity index is 1.91. The highest BCUT2D eigenvalue weighted by atomic mass is 32.2. The number of nitrogens with zero attached hydrogens (tertiary/aromatic N) is 1. The molecule has 0 saturated heterocycles. The molecule has 2 amide bonds. The van der Waals surface area contributed by atoms with Gasteiger partial charge in [-0.05, 0) is 48.6 Å². The summed E-state index contributed by atoms with van der Waals surface area (Å²) in [6.07, 6.45) is 4.42. The van der Waals surface area contributed by atoms with Gasteiger partial charge in [0.2, 0.25) is 21.8 Å². The third kappa shape index (κ3) is 6.42. The second-order valence-corrected chi connectivity index (χ2v) is 10.1. The molecule has 2 aromatic carbocycles. The maximum atomic E-state index is 13.6. The lowest BCUT2D eigenvalue weighted by atomic mass is 10.0. The quantitative estimate of drug-likeness (QED) is 0.517. The number of rotatable bonds is 11. The minimum absolute atomic E-state index is 0.0785. The predicted molar refractivity (Wildman–Crippen MR) is 129 cm³/mol. The van der Waals surface area contributed by atoms with Crippen LogP contribution in [0.3, 0.4) is 0 Å². The molecular weight excluding hydrogens is 438 g/mol. The van der Waals surface area contributed by atoms with E-state index in [0.29, 0.717) is 37.2 Å². The lowest BCUT2D eigenvalue weighted by Crippen LogP contribution is -2.43. The number of hydrogen-bond donors (Lipinski definition) is 2. The molecule has 1 aliphatic heterocycles. The Kier molecular flexibility index (Phi) is 8.63.